The normalized spacial score (nSPS) is 13.6. The summed E-state index contributed by atoms with van der Waals surface area (Å²) < 4.78 is 10.5. The highest BCUT2D eigenvalue weighted by Crippen LogP contribution is 2.22. The quantitative estimate of drug-likeness (QED) is 0.388. The Labute approximate surface area is 156 Å². The van der Waals surface area contributed by atoms with Crippen molar-refractivity contribution in [2.75, 3.05) is 6.61 Å². The van der Waals surface area contributed by atoms with E-state index in [0.29, 0.717) is 22.6 Å². The van der Waals surface area contributed by atoms with Crippen LogP contribution >= 0.6 is 0 Å². The van der Waals surface area contributed by atoms with Gasteiger partial charge in [0.1, 0.15) is 5.52 Å². The topological polar surface area (TPSA) is 69.4 Å². The number of hydrogen-bond acceptors (Lipinski definition) is 5. The zero-order valence-corrected chi connectivity index (χ0v) is 14.8. The number of aryl methyl sites for hydroxylation is 2. The van der Waals surface area contributed by atoms with Gasteiger partial charge in [0.05, 0.1) is 0 Å². The summed E-state index contributed by atoms with van der Waals surface area (Å²) in [5.74, 6) is -0.496. The summed E-state index contributed by atoms with van der Waals surface area (Å²) in [6.07, 6.45) is 7.07. The van der Waals surface area contributed by atoms with Gasteiger partial charge in [-0.2, -0.15) is 0 Å². The summed E-state index contributed by atoms with van der Waals surface area (Å²) in [6.45, 7) is -0.282. The van der Waals surface area contributed by atoms with E-state index in [9.17, 15) is 9.59 Å². The molecule has 0 spiro atoms. The minimum Gasteiger partial charge on any atom is -0.454 e. The van der Waals surface area contributed by atoms with E-state index < -0.39 is 5.97 Å². The molecule has 136 valence electrons. The highest BCUT2D eigenvalue weighted by molar-refractivity contribution is 5.99. The van der Waals surface area contributed by atoms with Gasteiger partial charge in [-0.1, -0.05) is 24.3 Å². The van der Waals surface area contributed by atoms with Crippen LogP contribution in [0.3, 0.4) is 0 Å². The van der Waals surface area contributed by atoms with E-state index in [1.807, 2.05) is 36.4 Å². The van der Waals surface area contributed by atoms with Crippen LogP contribution in [-0.4, -0.2) is 23.3 Å². The summed E-state index contributed by atoms with van der Waals surface area (Å²) in [5.41, 5.74) is 4.50. The number of rotatable bonds is 5. The predicted octanol–water partition coefficient (Wildman–Crippen LogP) is 4.15. The Hall–Kier alpha value is -3.21. The lowest BCUT2D eigenvalue weighted by Gasteiger charge is -2.16. The molecular weight excluding hydrogens is 342 g/mol. The van der Waals surface area contributed by atoms with Crippen LogP contribution < -0.4 is 0 Å². The first-order valence-corrected chi connectivity index (χ1v) is 9.04. The molecule has 0 amide bonds. The first-order valence-electron chi connectivity index (χ1n) is 9.04. The minimum atomic E-state index is -0.608. The molecule has 0 unspecified atom stereocenters. The number of ether oxygens (including phenoxy) is 1. The molecular formula is C22H19NO4. The van der Waals surface area contributed by atoms with E-state index >= 15 is 0 Å². The van der Waals surface area contributed by atoms with Gasteiger partial charge in [-0.3, -0.25) is 4.79 Å². The Kier molecular flexibility index (Phi) is 4.83. The predicted molar refractivity (Wildman–Crippen MR) is 101 cm³/mol. The summed E-state index contributed by atoms with van der Waals surface area (Å²) in [5, 5.41) is 0. The maximum Gasteiger partial charge on any atom is 0.331 e. The lowest BCUT2D eigenvalue weighted by atomic mass is 9.90. The first-order chi connectivity index (χ1) is 13.2. The third-order valence-corrected chi connectivity index (χ3v) is 4.69. The van der Waals surface area contributed by atoms with E-state index in [2.05, 4.69) is 4.98 Å². The maximum absolute atomic E-state index is 12.3. The Balaban J connectivity index is 1.35. The van der Waals surface area contributed by atoms with E-state index in [0.717, 1.165) is 19.3 Å². The molecule has 0 saturated carbocycles. The van der Waals surface area contributed by atoms with Gasteiger partial charge in [0.15, 0.2) is 18.0 Å². The zero-order chi connectivity index (χ0) is 18.6. The van der Waals surface area contributed by atoms with Crippen LogP contribution in [0.1, 0.15) is 40.2 Å². The average molecular weight is 361 g/mol. The number of ketones is 1. The van der Waals surface area contributed by atoms with Crippen LogP contribution in [0.4, 0.5) is 0 Å². The van der Waals surface area contributed by atoms with Crippen LogP contribution in [0.5, 0.6) is 0 Å². The van der Waals surface area contributed by atoms with E-state index in [-0.39, 0.29) is 12.4 Å². The van der Waals surface area contributed by atoms with Crippen molar-refractivity contribution in [3.8, 4) is 0 Å². The molecule has 0 bridgehead atoms. The molecule has 0 aliphatic heterocycles. The van der Waals surface area contributed by atoms with Gasteiger partial charge in [0.2, 0.25) is 5.89 Å². The van der Waals surface area contributed by atoms with E-state index in [1.54, 1.807) is 6.07 Å². The molecule has 5 nitrogen and oxygen atoms in total. The molecule has 1 aliphatic carbocycles. The molecule has 5 heteroatoms. The number of hydrogen-bond donors (Lipinski definition) is 0. The van der Waals surface area contributed by atoms with Crippen molar-refractivity contribution in [1.82, 2.24) is 4.98 Å². The Morgan fingerprint density at radius 3 is 2.74 bits per heavy atom. The Morgan fingerprint density at radius 2 is 1.89 bits per heavy atom. The number of oxazole rings is 1. The van der Waals surface area contributed by atoms with Gasteiger partial charge in [-0.25, -0.2) is 9.78 Å². The van der Waals surface area contributed by atoms with Gasteiger partial charge in [0.25, 0.3) is 0 Å². The molecule has 1 aliphatic rings. The molecule has 1 heterocycles. The van der Waals surface area contributed by atoms with Gasteiger partial charge >= 0.3 is 5.97 Å². The molecule has 0 saturated heterocycles. The number of carbonyl (C=O) groups is 2. The summed E-state index contributed by atoms with van der Waals surface area (Å²) in [7, 11) is 0. The molecule has 0 N–H and O–H groups in total. The number of aromatic nitrogens is 1. The molecule has 0 radical (unpaired) electrons. The monoisotopic (exact) mass is 361 g/mol. The van der Waals surface area contributed by atoms with Gasteiger partial charge in [-0.05, 0) is 55.0 Å². The number of carbonyl (C=O) groups excluding carboxylic acids is 2. The molecule has 27 heavy (non-hydrogen) atoms. The number of Topliss-reactive ketones (excluding diaryl/α,β-unsaturated/α-hetero) is 1. The third-order valence-electron chi connectivity index (χ3n) is 4.69. The molecule has 4 rings (SSSR count). The largest absolute Gasteiger partial charge is 0.454 e. The van der Waals surface area contributed by atoms with Gasteiger partial charge in [0, 0.05) is 17.7 Å². The highest BCUT2D eigenvalue weighted by atomic mass is 16.5. The van der Waals surface area contributed by atoms with Crippen molar-refractivity contribution in [3.05, 3.63) is 71.1 Å². The van der Waals surface area contributed by atoms with Crippen LogP contribution in [0.25, 0.3) is 17.2 Å². The van der Waals surface area contributed by atoms with Crippen LogP contribution in [0.2, 0.25) is 0 Å². The van der Waals surface area contributed by atoms with E-state index in [4.69, 9.17) is 9.15 Å². The SMILES string of the molecule is O=C(/C=C/c1nc2ccccc2o1)OCC(=O)c1ccc2c(c1)CCCC2. The maximum atomic E-state index is 12.3. The molecule has 2 aromatic carbocycles. The molecule has 3 aromatic rings. The van der Waals surface area contributed by atoms with Crippen LogP contribution in [0, 0.1) is 0 Å². The highest BCUT2D eigenvalue weighted by Gasteiger charge is 2.14. The fourth-order valence-corrected chi connectivity index (χ4v) is 3.28. The van der Waals surface area contributed by atoms with Crippen molar-refractivity contribution >= 4 is 28.9 Å². The first kappa shape index (κ1) is 17.2. The van der Waals surface area contributed by atoms with Crippen molar-refractivity contribution in [2.24, 2.45) is 0 Å². The van der Waals surface area contributed by atoms with Crippen molar-refractivity contribution < 1.29 is 18.7 Å². The summed E-state index contributed by atoms with van der Waals surface area (Å²) in [6, 6.07) is 13.1. The fourth-order valence-electron chi connectivity index (χ4n) is 3.28. The number of para-hydroxylation sites is 2. The van der Waals surface area contributed by atoms with Gasteiger partial charge < -0.3 is 9.15 Å². The Bertz CT molecular complexity index is 999. The molecule has 0 atom stereocenters. The van der Waals surface area contributed by atoms with E-state index in [1.165, 1.54) is 29.7 Å². The molecule has 1 aromatic heterocycles. The smallest absolute Gasteiger partial charge is 0.331 e. The summed E-state index contributed by atoms with van der Waals surface area (Å²) >= 11 is 0. The number of benzene rings is 2. The second-order valence-corrected chi connectivity index (χ2v) is 6.57. The van der Waals surface area contributed by atoms with Crippen LogP contribution in [-0.2, 0) is 22.4 Å². The fraction of sp³-hybridized carbons (Fsp3) is 0.227. The number of esters is 1. The van der Waals surface area contributed by atoms with Crippen molar-refractivity contribution in [2.45, 2.75) is 25.7 Å². The van der Waals surface area contributed by atoms with Crippen LogP contribution in [0.15, 0.2) is 53.0 Å². The van der Waals surface area contributed by atoms with Gasteiger partial charge in [-0.15, -0.1) is 0 Å². The lowest BCUT2D eigenvalue weighted by Crippen LogP contribution is -2.13. The lowest BCUT2D eigenvalue weighted by molar-refractivity contribution is -0.136. The van der Waals surface area contributed by atoms with Crippen molar-refractivity contribution in [1.29, 1.82) is 0 Å². The number of fused-ring (bicyclic) bond motifs is 2. The zero-order valence-electron chi connectivity index (χ0n) is 14.8. The second-order valence-electron chi connectivity index (χ2n) is 6.57. The van der Waals surface area contributed by atoms with Crippen molar-refractivity contribution in [3.63, 3.8) is 0 Å². The molecule has 0 fully saturated rings. The average Bonchev–Trinajstić information content (AvgIpc) is 3.13. The summed E-state index contributed by atoms with van der Waals surface area (Å²) in [4.78, 5) is 28.4. The number of nitrogens with zero attached hydrogens (tertiary/aromatic N) is 1. The third kappa shape index (κ3) is 3.97. The Morgan fingerprint density at radius 1 is 1.07 bits per heavy atom. The standard InChI is InChI=1S/C22H19NO4/c24-19(17-10-9-15-5-1-2-6-16(15)13-17)14-26-22(25)12-11-21-23-18-7-3-4-8-20(18)27-21/h3-4,7-13H,1-2,5-6,14H2/b12-11+. The second kappa shape index (κ2) is 7.58. The minimum absolute atomic E-state index is 0.202.